The molecule has 0 spiro atoms. The molecule has 1 heterocycles. The van der Waals surface area contributed by atoms with Crippen LogP contribution in [0.2, 0.25) is 5.02 Å². The number of rotatable bonds is 4. The summed E-state index contributed by atoms with van der Waals surface area (Å²) in [7, 11) is 0. The number of para-hydroxylation sites is 1. The van der Waals surface area contributed by atoms with Gasteiger partial charge in [-0.2, -0.15) is 0 Å². The van der Waals surface area contributed by atoms with Crippen molar-refractivity contribution in [1.82, 2.24) is 0 Å². The van der Waals surface area contributed by atoms with E-state index in [1.807, 2.05) is 12.1 Å². The molecule has 0 aliphatic rings. The molecule has 28 heavy (non-hydrogen) atoms. The summed E-state index contributed by atoms with van der Waals surface area (Å²) in [5, 5.41) is 3.86. The van der Waals surface area contributed by atoms with E-state index in [1.54, 1.807) is 43.3 Å². The Morgan fingerprint density at radius 2 is 1.82 bits per heavy atom. The fourth-order valence-corrected chi connectivity index (χ4v) is 3.03. The van der Waals surface area contributed by atoms with Crippen molar-refractivity contribution < 1.29 is 18.3 Å². The summed E-state index contributed by atoms with van der Waals surface area (Å²) >= 11 is 6.08. The van der Waals surface area contributed by atoms with Gasteiger partial charge in [0.05, 0.1) is 5.02 Å². The highest BCUT2D eigenvalue weighted by Crippen LogP contribution is 2.30. The van der Waals surface area contributed by atoms with E-state index in [2.05, 4.69) is 5.32 Å². The summed E-state index contributed by atoms with van der Waals surface area (Å²) in [6.45, 7) is 1.72. The first-order valence-corrected chi connectivity index (χ1v) is 8.91. The van der Waals surface area contributed by atoms with E-state index in [9.17, 15) is 9.18 Å². The van der Waals surface area contributed by atoms with Gasteiger partial charge in [0.1, 0.15) is 22.9 Å². The molecule has 3 aromatic carbocycles. The lowest BCUT2D eigenvalue weighted by Gasteiger charge is -2.09. The van der Waals surface area contributed by atoms with Gasteiger partial charge in [0.2, 0.25) is 0 Å². The molecule has 1 amide bonds. The minimum absolute atomic E-state index is 0.150. The lowest BCUT2D eigenvalue weighted by molar-refractivity contribution is 0.0998. The van der Waals surface area contributed by atoms with Gasteiger partial charge >= 0.3 is 0 Å². The Labute approximate surface area is 165 Å². The molecule has 0 radical (unpaired) electrons. The van der Waals surface area contributed by atoms with Crippen molar-refractivity contribution in [3.63, 3.8) is 0 Å². The van der Waals surface area contributed by atoms with Crippen LogP contribution in [0.4, 0.5) is 10.1 Å². The number of fused-ring (bicyclic) bond motifs is 1. The molecule has 1 N–H and O–H groups in total. The maximum absolute atomic E-state index is 13.4. The molecule has 0 aliphatic carbocycles. The standard InChI is InChI=1S/C22H15ClFNO3/c1-13-17-12-14(24)6-11-19(17)28-21(13)22(26)25-15-7-9-16(10-8-15)27-20-5-3-2-4-18(20)23/h2-12H,1H3,(H,25,26). The molecule has 0 saturated carbocycles. The van der Waals surface area contributed by atoms with Crippen LogP contribution in [0.5, 0.6) is 11.5 Å². The Morgan fingerprint density at radius 1 is 1.07 bits per heavy atom. The van der Waals surface area contributed by atoms with E-state index in [4.69, 9.17) is 20.8 Å². The summed E-state index contributed by atoms with van der Waals surface area (Å²) in [6, 6.07) is 18.2. The second-order valence-electron chi connectivity index (χ2n) is 6.21. The molecule has 0 saturated heterocycles. The van der Waals surface area contributed by atoms with Crippen LogP contribution in [-0.4, -0.2) is 5.91 Å². The molecule has 0 fully saturated rings. The molecule has 0 unspecified atom stereocenters. The second-order valence-corrected chi connectivity index (χ2v) is 6.61. The number of furan rings is 1. The first kappa shape index (κ1) is 18.1. The number of hydrogen-bond acceptors (Lipinski definition) is 3. The first-order chi connectivity index (χ1) is 13.5. The highest BCUT2D eigenvalue weighted by atomic mass is 35.5. The molecule has 6 heteroatoms. The first-order valence-electron chi connectivity index (χ1n) is 8.54. The van der Waals surface area contributed by atoms with Gasteiger partial charge < -0.3 is 14.5 Å². The van der Waals surface area contributed by atoms with Crippen molar-refractivity contribution in [3.05, 3.63) is 88.9 Å². The average molecular weight is 396 g/mol. The van der Waals surface area contributed by atoms with Gasteiger partial charge in [0, 0.05) is 16.6 Å². The Bertz CT molecular complexity index is 1170. The van der Waals surface area contributed by atoms with E-state index >= 15 is 0 Å². The third-order valence-corrected chi connectivity index (χ3v) is 4.59. The van der Waals surface area contributed by atoms with Crippen molar-refractivity contribution in [1.29, 1.82) is 0 Å². The van der Waals surface area contributed by atoms with Crippen molar-refractivity contribution >= 4 is 34.2 Å². The smallest absolute Gasteiger partial charge is 0.291 e. The number of nitrogens with one attached hydrogen (secondary N) is 1. The Kier molecular flexibility index (Phi) is 4.75. The number of halogens is 2. The predicted molar refractivity (Wildman–Crippen MR) is 107 cm³/mol. The van der Waals surface area contributed by atoms with Crippen LogP contribution in [0.3, 0.4) is 0 Å². The van der Waals surface area contributed by atoms with Gasteiger partial charge in [0.25, 0.3) is 5.91 Å². The fraction of sp³-hybridized carbons (Fsp3) is 0.0455. The minimum atomic E-state index is -0.408. The van der Waals surface area contributed by atoms with E-state index in [0.29, 0.717) is 38.7 Å². The molecular weight excluding hydrogens is 381 g/mol. The summed E-state index contributed by atoms with van der Waals surface area (Å²) in [4.78, 5) is 12.6. The normalized spacial score (nSPS) is 10.8. The summed E-state index contributed by atoms with van der Waals surface area (Å²) < 4.78 is 24.7. The topological polar surface area (TPSA) is 51.5 Å². The third kappa shape index (κ3) is 3.57. The van der Waals surface area contributed by atoms with Crippen LogP contribution in [-0.2, 0) is 0 Å². The van der Waals surface area contributed by atoms with Gasteiger partial charge in [-0.15, -0.1) is 0 Å². The van der Waals surface area contributed by atoms with Gasteiger partial charge in [-0.1, -0.05) is 23.7 Å². The molecular formula is C22H15ClFNO3. The maximum atomic E-state index is 13.4. The van der Waals surface area contributed by atoms with Crippen LogP contribution >= 0.6 is 11.6 Å². The van der Waals surface area contributed by atoms with Gasteiger partial charge in [-0.05, 0) is 61.5 Å². The summed E-state index contributed by atoms with van der Waals surface area (Å²) in [6.07, 6.45) is 0. The van der Waals surface area contributed by atoms with Gasteiger partial charge in [-0.25, -0.2) is 4.39 Å². The number of ether oxygens (including phenoxy) is 1. The Hall–Kier alpha value is -3.31. The number of anilines is 1. The van der Waals surface area contributed by atoms with Crippen LogP contribution in [0.25, 0.3) is 11.0 Å². The predicted octanol–water partition coefficient (Wildman–Crippen LogP) is 6.58. The number of amides is 1. The zero-order valence-electron chi connectivity index (χ0n) is 14.8. The fourth-order valence-electron chi connectivity index (χ4n) is 2.86. The van der Waals surface area contributed by atoms with Crippen LogP contribution in [0.1, 0.15) is 16.1 Å². The van der Waals surface area contributed by atoms with E-state index in [-0.39, 0.29) is 11.6 Å². The molecule has 1 aromatic heterocycles. The van der Waals surface area contributed by atoms with Gasteiger partial charge in [-0.3, -0.25) is 4.79 Å². The van der Waals surface area contributed by atoms with Crippen molar-refractivity contribution in [2.75, 3.05) is 5.32 Å². The molecule has 4 aromatic rings. The molecule has 0 aliphatic heterocycles. The number of carbonyl (C=O) groups excluding carboxylic acids is 1. The van der Waals surface area contributed by atoms with Crippen LogP contribution < -0.4 is 10.1 Å². The minimum Gasteiger partial charge on any atom is -0.456 e. The number of hydrogen-bond donors (Lipinski definition) is 1. The maximum Gasteiger partial charge on any atom is 0.291 e. The lowest BCUT2D eigenvalue weighted by Crippen LogP contribution is -2.11. The molecule has 0 bridgehead atoms. The second kappa shape index (κ2) is 7.37. The monoisotopic (exact) mass is 395 g/mol. The van der Waals surface area contributed by atoms with Gasteiger partial charge in [0.15, 0.2) is 5.76 Å². The Balaban J connectivity index is 1.51. The van der Waals surface area contributed by atoms with E-state index in [0.717, 1.165) is 0 Å². The van der Waals surface area contributed by atoms with E-state index < -0.39 is 5.91 Å². The van der Waals surface area contributed by atoms with Crippen molar-refractivity contribution in [2.45, 2.75) is 6.92 Å². The summed E-state index contributed by atoms with van der Waals surface area (Å²) in [5.74, 6) is 0.496. The lowest BCUT2D eigenvalue weighted by atomic mass is 10.1. The molecule has 140 valence electrons. The third-order valence-electron chi connectivity index (χ3n) is 4.28. The number of aryl methyl sites for hydroxylation is 1. The van der Waals surface area contributed by atoms with Crippen molar-refractivity contribution in [2.24, 2.45) is 0 Å². The molecule has 4 nitrogen and oxygen atoms in total. The highest BCUT2D eigenvalue weighted by Gasteiger charge is 2.18. The van der Waals surface area contributed by atoms with Crippen molar-refractivity contribution in [3.8, 4) is 11.5 Å². The average Bonchev–Trinajstić information content (AvgIpc) is 3.01. The Morgan fingerprint density at radius 3 is 2.57 bits per heavy atom. The van der Waals surface area contributed by atoms with Crippen LogP contribution in [0, 0.1) is 12.7 Å². The zero-order chi connectivity index (χ0) is 19.7. The molecule has 4 rings (SSSR count). The quantitative estimate of drug-likeness (QED) is 0.424. The SMILES string of the molecule is Cc1c(C(=O)Nc2ccc(Oc3ccccc3Cl)cc2)oc2ccc(F)cc12. The number of carbonyl (C=O) groups is 1. The zero-order valence-corrected chi connectivity index (χ0v) is 15.6. The van der Waals surface area contributed by atoms with Crippen LogP contribution in [0.15, 0.2) is 71.1 Å². The largest absolute Gasteiger partial charge is 0.456 e. The summed E-state index contributed by atoms with van der Waals surface area (Å²) in [5.41, 5.74) is 1.63. The highest BCUT2D eigenvalue weighted by molar-refractivity contribution is 6.32. The van der Waals surface area contributed by atoms with E-state index in [1.165, 1.54) is 18.2 Å². The number of benzene rings is 3. The molecule has 0 atom stereocenters.